The number of hydrogen-bond donors (Lipinski definition) is 0. The zero-order chi connectivity index (χ0) is 14.6. The maximum atomic E-state index is 6.16. The van der Waals surface area contributed by atoms with Crippen LogP contribution in [0.2, 0.25) is 0 Å². The molecule has 2 heteroatoms. The van der Waals surface area contributed by atoms with Gasteiger partial charge in [0.1, 0.15) is 6.10 Å². The summed E-state index contributed by atoms with van der Waals surface area (Å²) >= 11 is 0. The minimum atomic E-state index is -0.437. The number of benzene rings is 2. The van der Waals surface area contributed by atoms with Crippen molar-refractivity contribution in [2.45, 2.75) is 31.0 Å². The lowest BCUT2D eigenvalue weighted by atomic mass is 9.69. The first-order valence-electron chi connectivity index (χ1n) is 8.35. The molecule has 0 N–H and O–H groups in total. The van der Waals surface area contributed by atoms with Crippen molar-refractivity contribution in [3.05, 3.63) is 71.8 Å². The molecule has 1 saturated heterocycles. The Bertz CT molecular complexity index is 627. The van der Waals surface area contributed by atoms with E-state index in [0.29, 0.717) is 11.8 Å². The van der Waals surface area contributed by atoms with Crippen molar-refractivity contribution >= 4 is 0 Å². The normalized spacial score (nSPS) is 34.7. The monoisotopic (exact) mass is 292 g/mol. The van der Waals surface area contributed by atoms with Crippen molar-refractivity contribution in [3.8, 4) is 0 Å². The van der Waals surface area contributed by atoms with Gasteiger partial charge in [-0.05, 0) is 42.2 Å². The van der Waals surface area contributed by atoms with Crippen LogP contribution in [0.25, 0.3) is 0 Å². The van der Waals surface area contributed by atoms with Gasteiger partial charge in [-0.1, -0.05) is 60.7 Å². The summed E-state index contributed by atoms with van der Waals surface area (Å²) in [6.07, 6.45) is 4.19. The third-order valence-corrected chi connectivity index (χ3v) is 6.01. The van der Waals surface area contributed by atoms with Crippen LogP contribution in [-0.4, -0.2) is 6.10 Å². The molecule has 4 atom stereocenters. The summed E-state index contributed by atoms with van der Waals surface area (Å²) in [4.78, 5) is 12.1. The lowest BCUT2D eigenvalue weighted by Gasteiger charge is -2.36. The Morgan fingerprint density at radius 1 is 0.773 bits per heavy atom. The van der Waals surface area contributed by atoms with E-state index in [-0.39, 0.29) is 6.10 Å². The Labute approximate surface area is 131 Å². The van der Waals surface area contributed by atoms with Crippen LogP contribution < -0.4 is 0 Å². The fraction of sp³-hybridized carbons (Fsp3) is 0.400. The highest BCUT2D eigenvalue weighted by Crippen LogP contribution is 2.62. The Kier molecular flexibility index (Phi) is 2.73. The first kappa shape index (κ1) is 12.9. The maximum Gasteiger partial charge on any atom is 0.159 e. The van der Waals surface area contributed by atoms with Gasteiger partial charge in [-0.15, -0.1) is 0 Å². The van der Waals surface area contributed by atoms with Crippen molar-refractivity contribution in [1.82, 2.24) is 0 Å². The van der Waals surface area contributed by atoms with Gasteiger partial charge in [-0.2, -0.15) is 0 Å². The molecule has 0 radical (unpaired) electrons. The molecule has 112 valence electrons. The molecular formula is C20H20O2. The van der Waals surface area contributed by atoms with Crippen molar-refractivity contribution < 1.29 is 9.78 Å². The number of rotatable bonds is 2. The van der Waals surface area contributed by atoms with Gasteiger partial charge in [0.15, 0.2) is 5.60 Å². The van der Waals surface area contributed by atoms with Crippen LogP contribution in [-0.2, 0) is 15.4 Å². The summed E-state index contributed by atoms with van der Waals surface area (Å²) in [6, 6.07) is 21.3. The fourth-order valence-corrected chi connectivity index (χ4v) is 5.15. The molecule has 2 nitrogen and oxygen atoms in total. The molecule has 2 bridgehead atoms. The summed E-state index contributed by atoms with van der Waals surface area (Å²) in [5.74, 6) is 1.85. The van der Waals surface area contributed by atoms with Crippen molar-refractivity contribution in [1.29, 1.82) is 0 Å². The SMILES string of the molecule is c1ccc(C2(c3ccccc3)OOC3C4CCC(C4)C32)cc1. The minimum absolute atomic E-state index is 0.263. The van der Waals surface area contributed by atoms with Gasteiger partial charge in [-0.3, -0.25) is 0 Å². The summed E-state index contributed by atoms with van der Waals surface area (Å²) < 4.78 is 0. The Hall–Kier alpha value is -1.64. The van der Waals surface area contributed by atoms with Crippen LogP contribution >= 0.6 is 0 Å². The second kappa shape index (κ2) is 4.68. The molecule has 0 aromatic heterocycles. The first-order valence-corrected chi connectivity index (χ1v) is 8.35. The minimum Gasteiger partial charge on any atom is -0.231 e. The van der Waals surface area contributed by atoms with Crippen LogP contribution in [0.3, 0.4) is 0 Å². The third kappa shape index (κ3) is 1.57. The van der Waals surface area contributed by atoms with E-state index in [1.807, 2.05) is 0 Å². The molecule has 4 unspecified atom stereocenters. The Balaban J connectivity index is 1.71. The molecule has 2 aromatic rings. The smallest absolute Gasteiger partial charge is 0.159 e. The highest BCUT2D eigenvalue weighted by Gasteiger charge is 2.64. The molecule has 3 fully saturated rings. The van der Waals surface area contributed by atoms with E-state index in [1.54, 1.807) is 0 Å². The molecular weight excluding hydrogens is 272 g/mol. The zero-order valence-electron chi connectivity index (χ0n) is 12.5. The van der Waals surface area contributed by atoms with E-state index in [9.17, 15) is 0 Å². The Morgan fingerprint density at radius 3 is 2.00 bits per heavy atom. The van der Waals surface area contributed by atoms with Crippen molar-refractivity contribution in [2.75, 3.05) is 0 Å². The average molecular weight is 292 g/mol. The maximum absolute atomic E-state index is 6.16. The molecule has 0 amide bonds. The average Bonchev–Trinajstić information content (AvgIpc) is 3.29. The van der Waals surface area contributed by atoms with E-state index in [4.69, 9.17) is 9.78 Å². The van der Waals surface area contributed by atoms with Crippen LogP contribution in [0.1, 0.15) is 30.4 Å². The lowest BCUT2D eigenvalue weighted by molar-refractivity contribution is -0.327. The van der Waals surface area contributed by atoms with Crippen LogP contribution in [0.5, 0.6) is 0 Å². The number of hydrogen-bond acceptors (Lipinski definition) is 2. The van der Waals surface area contributed by atoms with Crippen LogP contribution in [0.4, 0.5) is 0 Å². The van der Waals surface area contributed by atoms with Gasteiger partial charge < -0.3 is 0 Å². The largest absolute Gasteiger partial charge is 0.231 e. The predicted octanol–water partition coefficient (Wildman–Crippen LogP) is 4.31. The first-order chi connectivity index (χ1) is 10.9. The molecule has 5 rings (SSSR count). The number of fused-ring (bicyclic) bond motifs is 5. The van der Waals surface area contributed by atoms with Gasteiger partial charge in [0.2, 0.25) is 0 Å². The lowest BCUT2D eigenvalue weighted by Crippen LogP contribution is -2.40. The second-order valence-electron chi connectivity index (χ2n) is 6.97. The van der Waals surface area contributed by atoms with Crippen molar-refractivity contribution in [3.63, 3.8) is 0 Å². The van der Waals surface area contributed by atoms with E-state index in [2.05, 4.69) is 60.7 Å². The fourth-order valence-electron chi connectivity index (χ4n) is 5.15. The standard InChI is InChI=1S/C20H20O2/c1-3-7-16(8-4-1)20(17-9-5-2-6-10-17)18-14-11-12-15(13-14)19(18)21-22-20/h1-10,14-15,18-19H,11-13H2. The summed E-state index contributed by atoms with van der Waals surface area (Å²) in [5, 5.41) is 0. The summed E-state index contributed by atoms with van der Waals surface area (Å²) in [5.41, 5.74) is 2.01. The molecule has 2 saturated carbocycles. The van der Waals surface area contributed by atoms with Gasteiger partial charge in [0.05, 0.1) is 0 Å². The third-order valence-electron chi connectivity index (χ3n) is 6.01. The van der Waals surface area contributed by atoms with E-state index in [0.717, 1.165) is 5.92 Å². The molecule has 3 aliphatic rings. The van der Waals surface area contributed by atoms with Gasteiger partial charge in [0, 0.05) is 5.92 Å². The van der Waals surface area contributed by atoms with Gasteiger partial charge in [-0.25, -0.2) is 9.78 Å². The molecule has 1 heterocycles. The van der Waals surface area contributed by atoms with Crippen molar-refractivity contribution in [2.24, 2.45) is 17.8 Å². The highest BCUT2D eigenvalue weighted by molar-refractivity contribution is 5.39. The molecule has 1 aliphatic heterocycles. The molecule has 0 spiro atoms. The Morgan fingerprint density at radius 2 is 1.36 bits per heavy atom. The predicted molar refractivity (Wildman–Crippen MR) is 83.9 cm³/mol. The van der Waals surface area contributed by atoms with E-state index < -0.39 is 5.60 Å². The van der Waals surface area contributed by atoms with Gasteiger partial charge >= 0.3 is 0 Å². The summed E-state index contributed by atoms with van der Waals surface area (Å²) in [7, 11) is 0. The molecule has 2 aromatic carbocycles. The quantitative estimate of drug-likeness (QED) is 0.768. The topological polar surface area (TPSA) is 18.5 Å². The molecule has 2 aliphatic carbocycles. The van der Waals surface area contributed by atoms with Crippen LogP contribution in [0.15, 0.2) is 60.7 Å². The van der Waals surface area contributed by atoms with Gasteiger partial charge in [0.25, 0.3) is 0 Å². The zero-order valence-corrected chi connectivity index (χ0v) is 12.5. The highest BCUT2D eigenvalue weighted by atomic mass is 17.2. The second-order valence-corrected chi connectivity index (χ2v) is 6.97. The van der Waals surface area contributed by atoms with Crippen LogP contribution in [0, 0.1) is 17.8 Å². The molecule has 22 heavy (non-hydrogen) atoms. The summed E-state index contributed by atoms with van der Waals surface area (Å²) in [6.45, 7) is 0. The van der Waals surface area contributed by atoms with E-state index in [1.165, 1.54) is 30.4 Å². The van der Waals surface area contributed by atoms with E-state index >= 15 is 0 Å².